The molecule has 0 saturated carbocycles. The molecule has 442 valence electrons. The fraction of sp³-hybridized carbons (Fsp3) is 0.929. The van der Waals surface area contributed by atoms with Gasteiger partial charge < -0.3 is 155 Å². The maximum atomic E-state index is 12.5. The summed E-state index contributed by atoms with van der Waals surface area (Å²) in [5.41, 5.74) is 0. The third-order valence-electron chi connectivity index (χ3n) is 13.3. The van der Waals surface area contributed by atoms with Crippen molar-refractivity contribution < 1.29 is 154 Å². The maximum absolute atomic E-state index is 12.5. The Morgan fingerprint density at radius 3 is 1.29 bits per heavy atom. The molecule has 0 spiro atoms. The Hall–Kier alpha value is -2.71. The van der Waals surface area contributed by atoms with Gasteiger partial charge in [-0.1, -0.05) is 0 Å². The van der Waals surface area contributed by atoms with Gasteiger partial charge in [-0.15, -0.1) is 0 Å². The molecule has 0 bridgehead atoms. The van der Waals surface area contributed by atoms with Gasteiger partial charge in [-0.2, -0.15) is 0 Å². The number of ether oxygens (including phenoxy) is 10. The van der Waals surface area contributed by atoms with Crippen LogP contribution in [0.2, 0.25) is 0 Å². The summed E-state index contributed by atoms with van der Waals surface area (Å²) in [6.45, 7) is -4.02. The smallest absolute Gasteiger partial charge is 0.217 e. The summed E-state index contributed by atoms with van der Waals surface area (Å²) in [5, 5.41) is 198. The SMILES string of the molecule is CC(=O)N[C@H]1[C@H](OC[C@H]2O[C@@H](O[C@H]3[C@H](O)[C@@H](NC(C)=O)[C@H](O[C@@H]([C@@H](O)[C@H](O)CO)[C@@H](O)CO)O[C@@H]3CO)[C@H](O)[C@@H](O[C@@H]3O[C@H](CO)[C@@H](O)[C@H](O)[C@H]3NC(C)=O)[C@H]2O)O[C@H](CO)[C@@H](O[C@@H]2O[C@H](CO)[C@H](O)[C@H](O)[C@H]2O)[C@@H]1O. The lowest BCUT2D eigenvalue weighted by Crippen LogP contribution is -2.70. The van der Waals surface area contributed by atoms with E-state index in [9.17, 15) is 106 Å². The molecular formula is C42H73N3O31. The van der Waals surface area contributed by atoms with Crippen molar-refractivity contribution in [3.8, 4) is 0 Å². The first kappa shape index (κ1) is 64.1. The molecule has 5 aliphatic rings. The fourth-order valence-corrected chi connectivity index (χ4v) is 9.22. The van der Waals surface area contributed by atoms with Crippen LogP contribution in [0.25, 0.3) is 0 Å². The Labute approximate surface area is 431 Å². The maximum Gasteiger partial charge on any atom is 0.217 e. The Morgan fingerprint density at radius 1 is 0.421 bits per heavy atom. The second kappa shape index (κ2) is 28.6. The monoisotopic (exact) mass is 1120 g/mol. The number of nitrogens with one attached hydrogen (secondary N) is 3. The van der Waals surface area contributed by atoms with Gasteiger partial charge in [-0.25, -0.2) is 0 Å². The molecule has 5 heterocycles. The molecule has 5 rings (SSSR count). The summed E-state index contributed by atoms with van der Waals surface area (Å²) in [4.78, 5) is 37.3. The van der Waals surface area contributed by atoms with Crippen LogP contribution in [0, 0.1) is 0 Å². The summed E-state index contributed by atoms with van der Waals surface area (Å²) in [5.74, 6) is -2.51. The van der Waals surface area contributed by atoms with Crippen LogP contribution in [0.15, 0.2) is 0 Å². The van der Waals surface area contributed by atoms with Crippen molar-refractivity contribution in [3.05, 3.63) is 0 Å². The van der Waals surface area contributed by atoms with Crippen molar-refractivity contribution in [1.82, 2.24) is 16.0 Å². The largest absolute Gasteiger partial charge is 0.394 e. The minimum Gasteiger partial charge on any atom is -0.394 e. The van der Waals surface area contributed by atoms with Gasteiger partial charge in [0.2, 0.25) is 17.7 Å². The minimum atomic E-state index is -2.29. The average molecular weight is 1120 g/mol. The Morgan fingerprint density at radius 2 is 0.816 bits per heavy atom. The van der Waals surface area contributed by atoms with Gasteiger partial charge in [0.15, 0.2) is 31.5 Å². The molecule has 0 unspecified atom stereocenters. The molecule has 34 nitrogen and oxygen atoms in total. The summed E-state index contributed by atoms with van der Waals surface area (Å²) in [6.07, 6.45) is -50.3. The quantitative estimate of drug-likeness (QED) is 0.0452. The number of aliphatic hydroxyl groups excluding tert-OH is 18. The van der Waals surface area contributed by atoms with Crippen LogP contribution in [0.5, 0.6) is 0 Å². The van der Waals surface area contributed by atoms with Crippen LogP contribution in [0.1, 0.15) is 20.8 Å². The van der Waals surface area contributed by atoms with Gasteiger partial charge in [0, 0.05) is 20.8 Å². The zero-order valence-corrected chi connectivity index (χ0v) is 41.0. The number of hydrogen-bond acceptors (Lipinski definition) is 31. The lowest BCUT2D eigenvalue weighted by atomic mass is 9.94. The van der Waals surface area contributed by atoms with Crippen molar-refractivity contribution in [2.45, 2.75) is 199 Å². The molecule has 5 fully saturated rings. The highest BCUT2D eigenvalue weighted by Crippen LogP contribution is 2.36. The van der Waals surface area contributed by atoms with E-state index in [2.05, 4.69) is 16.0 Å². The van der Waals surface area contributed by atoms with Crippen molar-refractivity contribution in [1.29, 1.82) is 0 Å². The van der Waals surface area contributed by atoms with Gasteiger partial charge in [-0.3, -0.25) is 14.4 Å². The van der Waals surface area contributed by atoms with E-state index in [4.69, 9.17) is 47.4 Å². The number of rotatable bonds is 23. The van der Waals surface area contributed by atoms with E-state index in [1.165, 1.54) is 0 Å². The molecule has 34 heteroatoms. The second-order valence-electron chi connectivity index (χ2n) is 18.8. The second-order valence-corrected chi connectivity index (χ2v) is 18.8. The minimum absolute atomic E-state index is 0.810. The number of carbonyl (C=O) groups is 3. The van der Waals surface area contributed by atoms with E-state index < -0.39 is 242 Å². The third-order valence-corrected chi connectivity index (χ3v) is 13.3. The van der Waals surface area contributed by atoms with Crippen molar-refractivity contribution in [3.63, 3.8) is 0 Å². The molecule has 0 aromatic rings. The van der Waals surface area contributed by atoms with E-state index in [0.717, 1.165) is 20.8 Å². The number of aliphatic hydroxyl groups is 18. The lowest BCUT2D eigenvalue weighted by molar-refractivity contribution is -0.377. The number of carbonyl (C=O) groups excluding carboxylic acids is 3. The van der Waals surface area contributed by atoms with Crippen LogP contribution in [0.3, 0.4) is 0 Å². The summed E-state index contributed by atoms with van der Waals surface area (Å²) >= 11 is 0. The molecule has 0 aromatic heterocycles. The van der Waals surface area contributed by atoms with E-state index in [0.29, 0.717) is 0 Å². The van der Waals surface area contributed by atoms with Crippen molar-refractivity contribution in [2.75, 3.05) is 46.2 Å². The first-order chi connectivity index (χ1) is 35.9. The topological polar surface area (TPSA) is 544 Å². The van der Waals surface area contributed by atoms with Gasteiger partial charge in [0.25, 0.3) is 0 Å². The lowest BCUT2D eigenvalue weighted by Gasteiger charge is -2.50. The predicted octanol–water partition coefficient (Wildman–Crippen LogP) is -14.0. The molecule has 3 amide bonds. The standard InChI is InChI=1S/C42H73N3O31/c1-11(52)43-21-28(61)25(58)16(6-48)68-39(21)76-37-27(60)20(10-67-38-22(44-12(2)53)29(62)35(18(8-50)70-38)74-41-32(65)31(64)26(59)17(7-49)69-41)72-42(33(37)66)75-36-19(9-51)71-40(23(30(36)63)45-13(3)54)73-34(15(56)5-47)24(57)14(55)4-46/h14-42,46-51,55-66H,4-10H2,1-3H3,(H,43,52)(H,44,53)(H,45,54)/t14-,15+,16-,17-,18-,19-,20-,21-,22-,23-,24+,25-,26+,27+,28-,29-,30-,31+,32-,33-,34-,35-,36-,37+,38-,39+,40+,41+,42+/m1/s1. The third kappa shape index (κ3) is 14.8. The molecule has 0 aliphatic carbocycles. The summed E-state index contributed by atoms with van der Waals surface area (Å²) in [6, 6.07) is -5.20. The Bertz CT molecular complexity index is 1820. The summed E-state index contributed by atoms with van der Waals surface area (Å²) < 4.78 is 58.0. The Kier molecular flexibility index (Phi) is 24.1. The summed E-state index contributed by atoms with van der Waals surface area (Å²) in [7, 11) is 0. The molecule has 5 saturated heterocycles. The van der Waals surface area contributed by atoms with Crippen LogP contribution < -0.4 is 16.0 Å². The fourth-order valence-electron chi connectivity index (χ4n) is 9.22. The zero-order chi connectivity index (χ0) is 56.6. The van der Waals surface area contributed by atoms with Crippen LogP contribution in [0.4, 0.5) is 0 Å². The van der Waals surface area contributed by atoms with Gasteiger partial charge in [-0.05, 0) is 0 Å². The van der Waals surface area contributed by atoms with E-state index >= 15 is 0 Å². The van der Waals surface area contributed by atoms with E-state index in [1.54, 1.807) is 0 Å². The molecule has 76 heavy (non-hydrogen) atoms. The van der Waals surface area contributed by atoms with Gasteiger partial charge >= 0.3 is 0 Å². The van der Waals surface area contributed by atoms with Crippen LogP contribution in [-0.4, -0.2) is 334 Å². The first-order valence-corrected chi connectivity index (χ1v) is 24.0. The predicted molar refractivity (Wildman–Crippen MR) is 236 cm³/mol. The van der Waals surface area contributed by atoms with Gasteiger partial charge in [0.05, 0.1) is 46.2 Å². The normalized spacial score (nSPS) is 43.8. The molecule has 0 radical (unpaired) electrons. The van der Waals surface area contributed by atoms with Gasteiger partial charge in [0.1, 0.15) is 146 Å². The van der Waals surface area contributed by atoms with Crippen molar-refractivity contribution in [2.24, 2.45) is 0 Å². The number of amides is 3. The molecule has 29 atom stereocenters. The van der Waals surface area contributed by atoms with Crippen LogP contribution in [-0.2, 0) is 61.8 Å². The molecular weight excluding hydrogens is 1040 g/mol. The molecule has 5 aliphatic heterocycles. The van der Waals surface area contributed by atoms with Crippen molar-refractivity contribution >= 4 is 17.7 Å². The molecule has 21 N–H and O–H groups in total. The van der Waals surface area contributed by atoms with E-state index in [-0.39, 0.29) is 0 Å². The highest BCUT2D eigenvalue weighted by Gasteiger charge is 2.57. The first-order valence-electron chi connectivity index (χ1n) is 24.0. The number of hydrogen-bond donors (Lipinski definition) is 21. The zero-order valence-electron chi connectivity index (χ0n) is 41.0. The average Bonchev–Trinajstić information content (AvgIpc) is 3.38. The highest BCUT2D eigenvalue weighted by molar-refractivity contribution is 5.74. The van der Waals surface area contributed by atoms with E-state index in [1.807, 2.05) is 0 Å². The molecule has 0 aromatic carbocycles. The van der Waals surface area contributed by atoms with Crippen LogP contribution >= 0.6 is 0 Å². The highest BCUT2D eigenvalue weighted by atomic mass is 16.8. The Balaban J connectivity index is 1.48.